The van der Waals surface area contributed by atoms with Crippen LogP contribution in [-0.2, 0) is 69.2 Å². The van der Waals surface area contributed by atoms with Crippen LogP contribution in [0.3, 0.4) is 0 Å². The van der Waals surface area contributed by atoms with Crippen LogP contribution >= 0.6 is 0 Å². The molecule has 2 aliphatic heterocycles. The smallest absolute Gasteiger partial charge is 0.135 e. The molecular weight excluding hydrogens is 1960 g/mol. The Bertz CT molecular complexity index is 7070. The van der Waals surface area contributed by atoms with Gasteiger partial charge in [-0.05, 0) is 152 Å². The topological polar surface area (TPSA) is 67.1 Å². The van der Waals surface area contributed by atoms with Crippen molar-refractivity contribution in [1.82, 2.24) is 19.1 Å². The van der Waals surface area contributed by atoms with E-state index in [-0.39, 0.29) is 85.6 Å². The van der Waals surface area contributed by atoms with Crippen molar-refractivity contribution in [2.45, 2.75) is 152 Å². The van der Waals surface area contributed by atoms with Crippen molar-refractivity contribution in [3.63, 3.8) is 0 Å². The molecule has 0 saturated carbocycles. The van der Waals surface area contributed by atoms with Gasteiger partial charge in [-0.2, -0.15) is 12.1 Å². The van der Waals surface area contributed by atoms with Crippen LogP contribution in [0.2, 0.25) is 0 Å². The van der Waals surface area contributed by atoms with E-state index in [1.54, 1.807) is 18.3 Å². The predicted octanol–water partition coefficient (Wildman–Crippen LogP) is 30.4. The molecular formula is C119H112N8O2Pt2-6. The number of nitrogens with zero attached hydrogens (tertiary/aromatic N) is 8. The Hall–Kier alpha value is -12.6. The van der Waals surface area contributed by atoms with Crippen molar-refractivity contribution in [2.24, 2.45) is 10.8 Å². The fourth-order valence-electron chi connectivity index (χ4n) is 18.2. The Balaban J connectivity index is 0.000000194. The first-order valence-corrected chi connectivity index (χ1v) is 44.6. The summed E-state index contributed by atoms with van der Waals surface area (Å²) >= 11 is 0. The Labute approximate surface area is 807 Å². The average molecular weight is 2080 g/mol. The third-order valence-electron chi connectivity index (χ3n) is 25.9. The number of hydrogen-bond acceptors (Lipinski definition) is 8. The van der Waals surface area contributed by atoms with E-state index in [1.165, 1.54) is 55.9 Å². The number of pyridine rings is 2. The summed E-state index contributed by atoms with van der Waals surface area (Å²) in [6.45, 7) is 41.2. The number of hydrogen-bond donors (Lipinski definition) is 0. The van der Waals surface area contributed by atoms with Gasteiger partial charge in [-0.25, -0.2) is 9.97 Å². The van der Waals surface area contributed by atoms with E-state index in [2.05, 4.69) is 440 Å². The first kappa shape index (κ1) is 87.7. The molecule has 6 heterocycles. The number of rotatable bonds is 19. The molecule has 0 fully saturated rings. The van der Waals surface area contributed by atoms with E-state index >= 15 is 0 Å². The second kappa shape index (κ2) is 36.3. The zero-order valence-corrected chi connectivity index (χ0v) is 82.1. The number of para-hydroxylation sites is 2. The van der Waals surface area contributed by atoms with Gasteiger partial charge in [0.25, 0.3) is 0 Å². The fraction of sp³-hybridized carbons (Fsp3) is 0.210. The first-order chi connectivity index (χ1) is 62.9. The summed E-state index contributed by atoms with van der Waals surface area (Å²) in [5, 5.41) is 4.18. The molecule has 4 aromatic heterocycles. The van der Waals surface area contributed by atoms with Gasteiger partial charge in [0.05, 0.1) is 0 Å². The van der Waals surface area contributed by atoms with E-state index in [0.717, 1.165) is 88.9 Å². The Kier molecular flexibility index (Phi) is 24.3. The predicted molar refractivity (Wildman–Crippen MR) is 535 cm³/mol. The maximum atomic E-state index is 8.14. The van der Waals surface area contributed by atoms with Crippen LogP contribution in [0.15, 0.2) is 352 Å². The normalized spacial score (nSPS) is 13.9. The maximum absolute atomic E-state index is 8.14. The third-order valence-corrected chi connectivity index (χ3v) is 25.9. The van der Waals surface area contributed by atoms with Gasteiger partial charge in [0.1, 0.15) is 11.6 Å². The van der Waals surface area contributed by atoms with Crippen LogP contribution in [0.1, 0.15) is 177 Å². The quantitative estimate of drug-likeness (QED) is 0.0742. The molecule has 10 nitrogen and oxygen atoms in total. The molecule has 17 aromatic rings. The van der Waals surface area contributed by atoms with Gasteiger partial charge in [0.15, 0.2) is 0 Å². The van der Waals surface area contributed by atoms with Crippen LogP contribution in [0.5, 0.6) is 23.0 Å². The number of anilines is 4. The molecule has 0 amide bonds. The summed E-state index contributed by atoms with van der Waals surface area (Å²) in [5.41, 5.74) is 21.4. The number of allylic oxidation sites excluding steroid dienone is 2. The number of benzene rings is 13. The van der Waals surface area contributed by atoms with Gasteiger partial charge in [-0.3, -0.25) is 0 Å². The Morgan fingerprint density at radius 2 is 0.718 bits per heavy atom. The number of ether oxygens (including phenoxy) is 2. The van der Waals surface area contributed by atoms with Gasteiger partial charge >= 0.3 is 0 Å². The minimum Gasteiger partial charge on any atom is -0.509 e. The molecule has 0 bridgehead atoms. The molecule has 0 radical (unpaired) electrons. The van der Waals surface area contributed by atoms with Gasteiger partial charge < -0.3 is 38.2 Å². The van der Waals surface area contributed by atoms with Crippen molar-refractivity contribution in [1.29, 1.82) is 0 Å². The molecule has 666 valence electrons. The van der Waals surface area contributed by atoms with E-state index in [9.17, 15) is 0 Å². The minimum atomic E-state index is -2.29. The Morgan fingerprint density at radius 1 is 0.298 bits per heavy atom. The number of aromatic nitrogens is 4. The molecule has 0 aliphatic carbocycles. The first-order valence-electron chi connectivity index (χ1n) is 46.1. The summed E-state index contributed by atoms with van der Waals surface area (Å²) < 4.78 is 42.1. The second-order valence-electron chi connectivity index (χ2n) is 39.3. The largest absolute Gasteiger partial charge is 0.509 e. The van der Waals surface area contributed by atoms with Crippen molar-refractivity contribution in [2.75, 3.05) is 19.6 Å². The molecule has 0 atom stereocenters. The van der Waals surface area contributed by atoms with Gasteiger partial charge in [0, 0.05) is 148 Å². The van der Waals surface area contributed by atoms with E-state index in [4.69, 9.17) is 18.6 Å². The SMILES string of the molecule is CC(C)(c1ccccc1)c1cc(N2C=CN(c3[c-]c(Oc4[c-]c5c(cc4)c4ccccc4n5-c4ccccn4)cc(-c4ccccc4)c3)[CH-]2)cc(C(C)(C)c2ccccc2)c1.[2H]C([2H])([2H])c1ccnc(-n2c3[c-]c(Oc4[c-]c(N5[CH-]N(c6cc(C(C)(C)c7ccccc7)cc(C(C)(C)c7ccccc7)c6)C(C(C)(C)C)=C5C(C)(C)C)cc(C(C)(C)C)c4)ccc3c3ccccc32)c1.[Pt].[Pt]. The van der Waals surface area contributed by atoms with Crippen molar-refractivity contribution >= 4 is 66.4 Å². The van der Waals surface area contributed by atoms with Crippen LogP contribution in [0.4, 0.5) is 22.7 Å². The van der Waals surface area contributed by atoms with Crippen molar-refractivity contribution < 1.29 is 55.7 Å². The van der Waals surface area contributed by atoms with Crippen molar-refractivity contribution in [3.8, 4) is 45.8 Å². The van der Waals surface area contributed by atoms with E-state index < -0.39 is 6.85 Å². The zero-order chi connectivity index (χ0) is 92.6. The van der Waals surface area contributed by atoms with Crippen LogP contribution < -0.4 is 29.1 Å². The summed E-state index contributed by atoms with van der Waals surface area (Å²) in [5.74, 6) is 3.57. The molecule has 2 aliphatic rings. The van der Waals surface area contributed by atoms with E-state index in [1.807, 2.05) is 71.4 Å². The van der Waals surface area contributed by atoms with Gasteiger partial charge in [-0.15, -0.1) is 107 Å². The second-order valence-corrected chi connectivity index (χ2v) is 39.3. The van der Waals surface area contributed by atoms with Crippen LogP contribution in [0.25, 0.3) is 66.4 Å². The monoisotopic (exact) mass is 2080 g/mol. The molecule has 12 heteroatoms. The Morgan fingerprint density at radius 3 is 1.18 bits per heavy atom. The third kappa shape index (κ3) is 18.3. The average Bonchev–Trinajstić information content (AvgIpc) is 1.56. The summed E-state index contributed by atoms with van der Waals surface area (Å²) in [7, 11) is 0. The molecule has 0 unspecified atom stereocenters. The molecule has 0 spiro atoms. The van der Waals surface area contributed by atoms with E-state index in [0.29, 0.717) is 28.8 Å². The summed E-state index contributed by atoms with van der Waals surface area (Å²) in [6, 6.07) is 125. The van der Waals surface area contributed by atoms with Crippen LogP contribution in [-0.4, -0.2) is 19.1 Å². The maximum Gasteiger partial charge on any atom is 0.135 e. The summed E-state index contributed by atoms with van der Waals surface area (Å²) in [6.07, 6.45) is 7.58. The van der Waals surface area contributed by atoms with Gasteiger partial charge in [0.2, 0.25) is 0 Å². The van der Waals surface area contributed by atoms with Gasteiger partial charge in [-0.1, -0.05) is 335 Å². The standard InChI is InChI=1S/C63H67N4O.C56H45N4O.2Pt/c1-42-31-32-64-56(33-42)67-54-28-22-21-27-52(54)53-30-29-50(40-55(53)67)68-51-38-45(59(2,3)4)35-49(39-51)66-41-65(57(60(5,6)7)58(66)61(8,9)10)48-36-46(62(11,12)43-23-17-15-18-24-43)34-47(37-48)63(13,14)44-25-19-16-20-26-44;1-55(2,42-20-10-6-11-21-42)44-34-45(56(3,4)43-22-12-7-13-23-43)36-47(35-44)59-31-30-58(39-59)46-32-41(40-18-8-5-9-19-40)33-49(37-46)61-48-27-28-51-50-24-14-15-25-52(50)60(53(51)38-48)54-26-16-17-29-57-54;;/h15-38,41H,1-14H3;5-36,39H,1-4H3;;/q2*-3;;/i1D3;;;. The zero-order valence-electron chi connectivity index (χ0n) is 80.5. The molecule has 131 heavy (non-hydrogen) atoms. The van der Waals surface area contributed by atoms with Crippen molar-refractivity contribution in [3.05, 3.63) is 445 Å². The van der Waals surface area contributed by atoms with Crippen LogP contribution in [0, 0.1) is 55.3 Å². The minimum absolute atomic E-state index is 0. The number of fused-ring (bicyclic) bond motifs is 6. The summed E-state index contributed by atoms with van der Waals surface area (Å²) in [4.78, 5) is 18.5. The molecule has 0 saturated heterocycles. The molecule has 19 rings (SSSR count). The molecule has 0 N–H and O–H groups in total. The molecule has 13 aromatic carbocycles. The fourth-order valence-corrected chi connectivity index (χ4v) is 18.2. The number of aryl methyl sites for hydroxylation is 1.